The standard InChI is InChI=1S/C32H42O10/c1-25(19-23-39-31(35)41-27-11-5-3-6-12-27)17-21-37-29(33)15-9-10-16-30(34)38-22-18-26(2)20-24-40-32(36)42-28-13-7-4-8-14-28/h3-8,11-14,25-26H,9-10,15-24H2,1-2H3. The molecule has 0 aliphatic carbocycles. The third-order valence-electron chi connectivity index (χ3n) is 6.31. The fourth-order valence-corrected chi connectivity index (χ4v) is 3.63. The third-order valence-corrected chi connectivity index (χ3v) is 6.31. The van der Waals surface area contributed by atoms with E-state index in [1.165, 1.54) is 0 Å². The van der Waals surface area contributed by atoms with Crippen LogP contribution in [0.3, 0.4) is 0 Å². The maximum Gasteiger partial charge on any atom is 0.513 e. The van der Waals surface area contributed by atoms with Crippen molar-refractivity contribution in [3.05, 3.63) is 60.7 Å². The van der Waals surface area contributed by atoms with Crippen LogP contribution in [0.2, 0.25) is 0 Å². The predicted molar refractivity (Wildman–Crippen MR) is 154 cm³/mol. The molecule has 2 atom stereocenters. The molecule has 0 heterocycles. The van der Waals surface area contributed by atoms with E-state index in [0.717, 1.165) is 0 Å². The van der Waals surface area contributed by atoms with Crippen LogP contribution in [-0.2, 0) is 28.5 Å². The van der Waals surface area contributed by atoms with Crippen molar-refractivity contribution in [2.45, 2.75) is 65.2 Å². The highest BCUT2D eigenvalue weighted by molar-refractivity contribution is 5.70. The molecule has 0 aliphatic rings. The molecule has 0 saturated heterocycles. The van der Waals surface area contributed by atoms with Gasteiger partial charge in [0.25, 0.3) is 0 Å². The van der Waals surface area contributed by atoms with Crippen molar-refractivity contribution in [2.24, 2.45) is 11.8 Å². The number of rotatable bonds is 19. The number of ether oxygens (including phenoxy) is 6. The van der Waals surface area contributed by atoms with Crippen LogP contribution in [0.4, 0.5) is 9.59 Å². The van der Waals surface area contributed by atoms with Gasteiger partial charge in [0.05, 0.1) is 26.4 Å². The normalized spacial score (nSPS) is 12.0. The molecule has 0 aromatic heterocycles. The lowest BCUT2D eigenvalue weighted by Crippen LogP contribution is -2.14. The average molecular weight is 587 g/mol. The van der Waals surface area contributed by atoms with Gasteiger partial charge in [-0.1, -0.05) is 50.2 Å². The first-order chi connectivity index (χ1) is 20.3. The molecule has 0 spiro atoms. The lowest BCUT2D eigenvalue weighted by Gasteiger charge is -2.12. The van der Waals surface area contributed by atoms with Gasteiger partial charge in [-0.25, -0.2) is 9.59 Å². The van der Waals surface area contributed by atoms with Gasteiger partial charge >= 0.3 is 24.2 Å². The van der Waals surface area contributed by atoms with E-state index in [9.17, 15) is 19.2 Å². The molecule has 10 nitrogen and oxygen atoms in total. The number of para-hydroxylation sites is 2. The first-order valence-electron chi connectivity index (χ1n) is 14.4. The van der Waals surface area contributed by atoms with Crippen molar-refractivity contribution in [1.82, 2.24) is 0 Å². The van der Waals surface area contributed by atoms with Gasteiger partial charge in [-0.15, -0.1) is 0 Å². The Kier molecular flexibility index (Phi) is 16.9. The number of carbonyl (C=O) groups excluding carboxylic acids is 4. The summed E-state index contributed by atoms with van der Waals surface area (Å²) in [5.41, 5.74) is 0. The van der Waals surface area contributed by atoms with Crippen molar-refractivity contribution in [3.63, 3.8) is 0 Å². The van der Waals surface area contributed by atoms with Crippen molar-refractivity contribution < 1.29 is 47.6 Å². The van der Waals surface area contributed by atoms with Crippen LogP contribution in [0.15, 0.2) is 60.7 Å². The van der Waals surface area contributed by atoms with Crippen LogP contribution in [-0.4, -0.2) is 50.7 Å². The quantitative estimate of drug-likeness (QED) is 0.0743. The number of hydrogen-bond acceptors (Lipinski definition) is 10. The van der Waals surface area contributed by atoms with E-state index >= 15 is 0 Å². The van der Waals surface area contributed by atoms with Crippen LogP contribution in [0, 0.1) is 11.8 Å². The Hall–Kier alpha value is -4.08. The van der Waals surface area contributed by atoms with E-state index in [4.69, 9.17) is 28.4 Å². The van der Waals surface area contributed by atoms with Gasteiger partial charge < -0.3 is 28.4 Å². The number of carbonyl (C=O) groups is 4. The summed E-state index contributed by atoms with van der Waals surface area (Å²) in [6, 6.07) is 17.4. The molecule has 0 bridgehead atoms. The monoisotopic (exact) mass is 586 g/mol. The first kappa shape index (κ1) is 34.1. The van der Waals surface area contributed by atoms with Crippen molar-refractivity contribution in [3.8, 4) is 11.5 Å². The molecular formula is C32H42O10. The summed E-state index contributed by atoms with van der Waals surface area (Å²) < 4.78 is 30.8. The van der Waals surface area contributed by atoms with Crippen molar-refractivity contribution in [2.75, 3.05) is 26.4 Å². The van der Waals surface area contributed by atoms with E-state index < -0.39 is 12.3 Å². The van der Waals surface area contributed by atoms with Crippen molar-refractivity contribution in [1.29, 1.82) is 0 Å². The van der Waals surface area contributed by atoms with Gasteiger partial charge in [0, 0.05) is 12.8 Å². The summed E-state index contributed by atoms with van der Waals surface area (Å²) in [5, 5.41) is 0. The first-order valence-corrected chi connectivity index (χ1v) is 14.4. The van der Waals surface area contributed by atoms with Crippen LogP contribution < -0.4 is 9.47 Å². The molecule has 0 aliphatic heterocycles. The van der Waals surface area contributed by atoms with Crippen LogP contribution in [0.1, 0.15) is 65.2 Å². The van der Waals surface area contributed by atoms with Gasteiger partial charge in [-0.2, -0.15) is 0 Å². The summed E-state index contributed by atoms with van der Waals surface area (Å²) in [5.74, 6) is 0.637. The molecule has 0 fully saturated rings. The fourth-order valence-electron chi connectivity index (χ4n) is 3.63. The summed E-state index contributed by atoms with van der Waals surface area (Å²) in [7, 11) is 0. The van der Waals surface area contributed by atoms with Crippen LogP contribution in [0.25, 0.3) is 0 Å². The topological polar surface area (TPSA) is 124 Å². The largest absolute Gasteiger partial charge is 0.513 e. The highest BCUT2D eigenvalue weighted by atomic mass is 16.7. The van der Waals surface area contributed by atoms with Gasteiger partial charge in [0.2, 0.25) is 0 Å². The molecule has 230 valence electrons. The van der Waals surface area contributed by atoms with E-state index in [-0.39, 0.29) is 63.0 Å². The van der Waals surface area contributed by atoms with Crippen LogP contribution >= 0.6 is 0 Å². The maximum absolute atomic E-state index is 11.9. The number of unbranched alkanes of at least 4 members (excludes halogenated alkanes) is 1. The Morgan fingerprint density at radius 3 is 1.21 bits per heavy atom. The molecule has 0 saturated carbocycles. The molecule has 0 N–H and O–H groups in total. The summed E-state index contributed by atoms with van der Waals surface area (Å²) in [6.07, 6.45) is 2.60. The predicted octanol–water partition coefficient (Wildman–Crippen LogP) is 6.90. The number of hydrogen-bond donors (Lipinski definition) is 0. The Bertz CT molecular complexity index is 972. The molecule has 2 unspecified atom stereocenters. The van der Waals surface area contributed by atoms with E-state index in [2.05, 4.69) is 0 Å². The lowest BCUT2D eigenvalue weighted by molar-refractivity contribution is -0.146. The molecular weight excluding hydrogens is 544 g/mol. The lowest BCUT2D eigenvalue weighted by atomic mass is 10.1. The second kappa shape index (κ2) is 20.7. The SMILES string of the molecule is CC(CCOC(=O)CCCCC(=O)OCCC(C)CCOC(=O)Oc1ccccc1)CCOC(=O)Oc1ccccc1. The van der Waals surface area contributed by atoms with E-state index in [1.807, 2.05) is 26.0 Å². The number of esters is 2. The minimum Gasteiger partial charge on any atom is -0.466 e. The van der Waals surface area contributed by atoms with Gasteiger partial charge in [0.15, 0.2) is 0 Å². The zero-order valence-corrected chi connectivity index (χ0v) is 24.5. The maximum atomic E-state index is 11.9. The Labute approximate surface area is 247 Å². The van der Waals surface area contributed by atoms with E-state index in [1.54, 1.807) is 48.5 Å². The van der Waals surface area contributed by atoms with Crippen molar-refractivity contribution >= 4 is 24.2 Å². The molecule has 2 aromatic rings. The van der Waals surface area contributed by atoms with Crippen LogP contribution in [0.5, 0.6) is 11.5 Å². The third kappa shape index (κ3) is 16.9. The summed E-state index contributed by atoms with van der Waals surface area (Å²) >= 11 is 0. The molecule has 2 aromatic carbocycles. The highest BCUT2D eigenvalue weighted by Gasteiger charge is 2.12. The molecule has 0 amide bonds. The Morgan fingerprint density at radius 1 is 0.524 bits per heavy atom. The van der Waals surface area contributed by atoms with E-state index in [0.29, 0.717) is 50.0 Å². The minimum absolute atomic E-state index is 0.198. The Morgan fingerprint density at radius 2 is 0.857 bits per heavy atom. The summed E-state index contributed by atoms with van der Waals surface area (Å²) in [6.45, 7) is 4.99. The smallest absolute Gasteiger partial charge is 0.466 e. The summed E-state index contributed by atoms with van der Waals surface area (Å²) in [4.78, 5) is 47.3. The number of benzene rings is 2. The molecule has 10 heteroatoms. The average Bonchev–Trinajstić information content (AvgIpc) is 2.96. The molecule has 0 radical (unpaired) electrons. The highest BCUT2D eigenvalue weighted by Crippen LogP contribution is 2.13. The molecule has 42 heavy (non-hydrogen) atoms. The van der Waals surface area contributed by atoms with Gasteiger partial charge in [-0.3, -0.25) is 9.59 Å². The molecule has 2 rings (SSSR count). The second-order valence-corrected chi connectivity index (χ2v) is 10.0. The van der Waals surface area contributed by atoms with Gasteiger partial charge in [0.1, 0.15) is 11.5 Å². The zero-order chi connectivity index (χ0) is 30.4. The van der Waals surface area contributed by atoms with Gasteiger partial charge in [-0.05, 0) is 74.6 Å². The minimum atomic E-state index is -0.747. The fraction of sp³-hybridized carbons (Fsp3) is 0.500. The second-order valence-electron chi connectivity index (χ2n) is 10.0. The Balaban J connectivity index is 1.39. The zero-order valence-electron chi connectivity index (χ0n) is 24.5.